The van der Waals surface area contributed by atoms with Gasteiger partial charge in [0.25, 0.3) is 0 Å². The lowest BCUT2D eigenvalue weighted by Gasteiger charge is -2.49. The summed E-state index contributed by atoms with van der Waals surface area (Å²) in [6, 6.07) is 9.98. The van der Waals surface area contributed by atoms with Gasteiger partial charge in [-0.3, -0.25) is 4.79 Å². The van der Waals surface area contributed by atoms with Crippen molar-refractivity contribution in [3.05, 3.63) is 48.6 Å². The first-order valence-electron chi connectivity index (χ1n) is 5.24. The number of benzene rings is 1. The van der Waals surface area contributed by atoms with Gasteiger partial charge in [-0.25, -0.2) is 0 Å². The third kappa shape index (κ3) is 1.63. The molecule has 0 N–H and O–H groups in total. The first kappa shape index (κ1) is 10.9. The van der Waals surface area contributed by atoms with Crippen LogP contribution < -0.4 is 0 Å². The molecule has 1 amide bonds. The van der Waals surface area contributed by atoms with E-state index in [0.29, 0.717) is 13.1 Å². The number of amides is 1. The van der Waals surface area contributed by atoms with E-state index in [9.17, 15) is 4.79 Å². The van der Waals surface area contributed by atoms with Crippen LogP contribution in [0.4, 0.5) is 0 Å². The average Bonchev–Trinajstić information content (AvgIpc) is 2.29. The average molecular weight is 217 g/mol. The van der Waals surface area contributed by atoms with Crippen LogP contribution in [0.1, 0.15) is 5.56 Å². The second-order valence-corrected chi connectivity index (χ2v) is 3.96. The van der Waals surface area contributed by atoms with Crippen molar-refractivity contribution in [3.8, 4) is 0 Å². The van der Waals surface area contributed by atoms with Crippen molar-refractivity contribution in [3.63, 3.8) is 0 Å². The highest BCUT2D eigenvalue weighted by Gasteiger charge is 2.46. The van der Waals surface area contributed by atoms with Gasteiger partial charge < -0.3 is 9.64 Å². The molecule has 0 aromatic heterocycles. The van der Waals surface area contributed by atoms with Crippen molar-refractivity contribution < 1.29 is 9.53 Å². The summed E-state index contributed by atoms with van der Waals surface area (Å²) in [6.45, 7) is 4.67. The largest absolute Gasteiger partial charge is 0.370 e. The third-order valence-electron chi connectivity index (χ3n) is 3.07. The zero-order valence-corrected chi connectivity index (χ0v) is 9.35. The van der Waals surface area contributed by atoms with Gasteiger partial charge >= 0.3 is 0 Å². The van der Waals surface area contributed by atoms with Crippen LogP contribution in [0.3, 0.4) is 0 Å². The standard InChI is InChI=1S/C13H15NO2/c1-3-12(15)14-9-13(10-14,16-2)11-7-5-4-6-8-11/h3-8H,1,9-10H2,2H3. The molecule has 3 nitrogen and oxygen atoms in total. The molecular weight excluding hydrogens is 202 g/mol. The van der Waals surface area contributed by atoms with Crippen molar-refractivity contribution in [1.29, 1.82) is 0 Å². The van der Waals surface area contributed by atoms with Gasteiger partial charge in [0.1, 0.15) is 5.60 Å². The molecule has 2 rings (SSSR count). The van der Waals surface area contributed by atoms with E-state index in [1.807, 2.05) is 30.3 Å². The SMILES string of the molecule is C=CC(=O)N1CC(OC)(c2ccccc2)C1. The summed E-state index contributed by atoms with van der Waals surface area (Å²) in [5, 5.41) is 0. The van der Waals surface area contributed by atoms with Gasteiger partial charge in [-0.2, -0.15) is 0 Å². The van der Waals surface area contributed by atoms with E-state index in [4.69, 9.17) is 4.74 Å². The summed E-state index contributed by atoms with van der Waals surface area (Å²) in [5.74, 6) is -0.0383. The van der Waals surface area contributed by atoms with Crippen LogP contribution in [-0.4, -0.2) is 31.0 Å². The second kappa shape index (κ2) is 4.10. The Balaban J connectivity index is 2.15. The fraction of sp³-hybridized carbons (Fsp3) is 0.308. The zero-order valence-electron chi connectivity index (χ0n) is 9.35. The lowest BCUT2D eigenvalue weighted by molar-refractivity contribution is -0.159. The minimum absolute atomic E-state index is 0.0383. The first-order chi connectivity index (χ1) is 7.72. The molecule has 16 heavy (non-hydrogen) atoms. The molecular formula is C13H15NO2. The van der Waals surface area contributed by atoms with Crippen LogP contribution in [0.2, 0.25) is 0 Å². The molecule has 1 aromatic carbocycles. The van der Waals surface area contributed by atoms with E-state index >= 15 is 0 Å². The van der Waals surface area contributed by atoms with Crippen LogP contribution in [0, 0.1) is 0 Å². The lowest BCUT2D eigenvalue weighted by atomic mass is 9.85. The Morgan fingerprint density at radius 1 is 1.44 bits per heavy atom. The topological polar surface area (TPSA) is 29.5 Å². The highest BCUT2D eigenvalue weighted by atomic mass is 16.5. The van der Waals surface area contributed by atoms with E-state index < -0.39 is 0 Å². The maximum absolute atomic E-state index is 11.4. The van der Waals surface area contributed by atoms with Crippen LogP contribution in [0.25, 0.3) is 0 Å². The smallest absolute Gasteiger partial charge is 0.246 e. The molecule has 1 aliphatic rings. The summed E-state index contributed by atoms with van der Waals surface area (Å²) in [4.78, 5) is 13.1. The summed E-state index contributed by atoms with van der Waals surface area (Å²) < 4.78 is 5.56. The predicted octanol–water partition coefficient (Wildman–Crippen LogP) is 1.56. The Bertz CT molecular complexity index is 394. The van der Waals surface area contributed by atoms with E-state index in [0.717, 1.165) is 5.56 Å². The quantitative estimate of drug-likeness (QED) is 0.719. The highest BCUT2D eigenvalue weighted by molar-refractivity contribution is 5.88. The number of rotatable bonds is 3. The molecule has 1 aromatic rings. The molecule has 1 saturated heterocycles. The van der Waals surface area contributed by atoms with Crippen LogP contribution in [0.5, 0.6) is 0 Å². The normalized spacial score (nSPS) is 17.7. The number of methoxy groups -OCH3 is 1. The predicted molar refractivity (Wildman–Crippen MR) is 61.9 cm³/mol. The summed E-state index contributed by atoms with van der Waals surface area (Å²) >= 11 is 0. The molecule has 0 spiro atoms. The zero-order chi connectivity index (χ0) is 11.6. The fourth-order valence-electron chi connectivity index (χ4n) is 2.03. The van der Waals surface area contributed by atoms with E-state index in [1.165, 1.54) is 6.08 Å². The molecule has 0 saturated carbocycles. The molecule has 1 fully saturated rings. The minimum atomic E-state index is -0.333. The Morgan fingerprint density at radius 3 is 2.56 bits per heavy atom. The summed E-state index contributed by atoms with van der Waals surface area (Å²) in [7, 11) is 1.68. The molecule has 3 heteroatoms. The van der Waals surface area contributed by atoms with Gasteiger partial charge in [0.15, 0.2) is 0 Å². The van der Waals surface area contributed by atoms with Gasteiger partial charge in [0.05, 0.1) is 13.1 Å². The molecule has 0 unspecified atom stereocenters. The monoisotopic (exact) mass is 217 g/mol. The maximum atomic E-state index is 11.4. The van der Waals surface area contributed by atoms with Crippen molar-refractivity contribution in [2.45, 2.75) is 5.60 Å². The third-order valence-corrected chi connectivity index (χ3v) is 3.07. The highest BCUT2D eigenvalue weighted by Crippen LogP contribution is 2.35. The van der Waals surface area contributed by atoms with Gasteiger partial charge in [-0.15, -0.1) is 0 Å². The van der Waals surface area contributed by atoms with Crippen LogP contribution in [0.15, 0.2) is 43.0 Å². The van der Waals surface area contributed by atoms with Crippen molar-refractivity contribution in [2.75, 3.05) is 20.2 Å². The number of likely N-dealkylation sites (tertiary alicyclic amines) is 1. The van der Waals surface area contributed by atoms with Crippen molar-refractivity contribution >= 4 is 5.91 Å². The van der Waals surface area contributed by atoms with Gasteiger partial charge in [0, 0.05) is 7.11 Å². The van der Waals surface area contributed by atoms with E-state index in [-0.39, 0.29) is 11.5 Å². The number of hydrogen-bond donors (Lipinski definition) is 0. The number of nitrogens with zero attached hydrogens (tertiary/aromatic N) is 1. The van der Waals surface area contributed by atoms with Gasteiger partial charge in [-0.1, -0.05) is 36.9 Å². The molecule has 1 heterocycles. The lowest BCUT2D eigenvalue weighted by Crippen LogP contribution is -2.61. The Labute approximate surface area is 95.3 Å². The number of ether oxygens (including phenoxy) is 1. The minimum Gasteiger partial charge on any atom is -0.370 e. The fourth-order valence-corrected chi connectivity index (χ4v) is 2.03. The first-order valence-corrected chi connectivity index (χ1v) is 5.24. The Hall–Kier alpha value is -1.61. The molecule has 84 valence electrons. The molecule has 0 radical (unpaired) electrons. The molecule has 0 bridgehead atoms. The molecule has 0 aliphatic carbocycles. The Morgan fingerprint density at radius 2 is 2.06 bits per heavy atom. The summed E-state index contributed by atoms with van der Waals surface area (Å²) in [6.07, 6.45) is 1.34. The van der Waals surface area contributed by atoms with Crippen LogP contribution in [-0.2, 0) is 15.1 Å². The van der Waals surface area contributed by atoms with E-state index in [1.54, 1.807) is 12.0 Å². The van der Waals surface area contributed by atoms with Crippen molar-refractivity contribution in [1.82, 2.24) is 4.90 Å². The number of carbonyl (C=O) groups excluding carboxylic acids is 1. The molecule has 1 aliphatic heterocycles. The second-order valence-electron chi connectivity index (χ2n) is 3.96. The number of hydrogen-bond acceptors (Lipinski definition) is 2. The van der Waals surface area contributed by atoms with Gasteiger partial charge in [0.2, 0.25) is 5.91 Å². The number of carbonyl (C=O) groups is 1. The Kier molecular flexibility index (Phi) is 2.79. The maximum Gasteiger partial charge on any atom is 0.246 e. The van der Waals surface area contributed by atoms with E-state index in [2.05, 4.69) is 6.58 Å². The molecule has 0 atom stereocenters. The summed E-state index contributed by atoms with van der Waals surface area (Å²) in [5.41, 5.74) is 0.783. The van der Waals surface area contributed by atoms with Crippen LogP contribution >= 0.6 is 0 Å². The van der Waals surface area contributed by atoms with Crippen molar-refractivity contribution in [2.24, 2.45) is 0 Å². The van der Waals surface area contributed by atoms with Gasteiger partial charge in [-0.05, 0) is 11.6 Å².